The summed E-state index contributed by atoms with van der Waals surface area (Å²) < 4.78 is 0. The van der Waals surface area contributed by atoms with Crippen LogP contribution >= 0.6 is 34.8 Å². The Bertz CT molecular complexity index is 991. The molecule has 4 rings (SSSR count). The molecule has 152 valence electrons. The molecule has 0 aliphatic carbocycles. The monoisotopic (exact) mass is 454 g/mol. The topological polar surface area (TPSA) is 20.2 Å². The van der Waals surface area contributed by atoms with Crippen molar-refractivity contribution in [1.82, 2.24) is 0 Å². The van der Waals surface area contributed by atoms with Crippen molar-refractivity contribution in [3.63, 3.8) is 0 Å². The van der Waals surface area contributed by atoms with Crippen LogP contribution in [0.2, 0.25) is 10.0 Å². The standard InChI is InChI=1S/C13H10Cl2.C13H11ClO/c14-9-10-6-7-12(13(15)8-10)11-4-2-1-3-5-11;14-13-8-10(9-15)6-7-12(13)11-4-2-1-3-5-11/h1-8H,9H2;1-8,15H,9H2. The third kappa shape index (κ3) is 5.87. The largest absolute Gasteiger partial charge is 0.392 e. The molecule has 0 unspecified atom stereocenters. The van der Waals surface area contributed by atoms with Gasteiger partial charge >= 0.3 is 0 Å². The van der Waals surface area contributed by atoms with E-state index in [1.807, 2.05) is 91.0 Å². The molecule has 0 atom stereocenters. The molecule has 1 N–H and O–H groups in total. The minimum Gasteiger partial charge on any atom is -0.392 e. The summed E-state index contributed by atoms with van der Waals surface area (Å²) in [5.41, 5.74) is 6.14. The van der Waals surface area contributed by atoms with Gasteiger partial charge in [0.2, 0.25) is 0 Å². The number of rotatable bonds is 4. The van der Waals surface area contributed by atoms with Crippen LogP contribution in [0.5, 0.6) is 0 Å². The van der Waals surface area contributed by atoms with E-state index < -0.39 is 0 Å². The Morgan fingerprint density at radius 3 is 1.40 bits per heavy atom. The van der Waals surface area contributed by atoms with Gasteiger partial charge in [-0.1, -0.05) is 108 Å². The molecule has 0 saturated carbocycles. The molecule has 30 heavy (non-hydrogen) atoms. The molecule has 4 heteroatoms. The fourth-order valence-corrected chi connectivity index (χ4v) is 3.79. The van der Waals surface area contributed by atoms with Crippen LogP contribution in [0.4, 0.5) is 0 Å². The molecule has 0 aromatic heterocycles. The second-order valence-corrected chi connectivity index (χ2v) is 7.73. The van der Waals surface area contributed by atoms with Crippen LogP contribution in [0.3, 0.4) is 0 Å². The maximum absolute atomic E-state index is 8.96. The van der Waals surface area contributed by atoms with Gasteiger partial charge in [-0.2, -0.15) is 0 Å². The van der Waals surface area contributed by atoms with Gasteiger partial charge in [0.15, 0.2) is 0 Å². The van der Waals surface area contributed by atoms with Gasteiger partial charge in [-0.3, -0.25) is 0 Å². The molecular formula is C26H21Cl3O. The van der Waals surface area contributed by atoms with Crippen LogP contribution in [0.25, 0.3) is 22.3 Å². The third-order valence-corrected chi connectivity index (χ3v) is 5.51. The molecule has 0 aliphatic heterocycles. The van der Waals surface area contributed by atoms with Crippen molar-refractivity contribution in [3.8, 4) is 22.3 Å². The highest BCUT2D eigenvalue weighted by atomic mass is 35.5. The van der Waals surface area contributed by atoms with Gasteiger partial charge in [-0.15, -0.1) is 11.6 Å². The van der Waals surface area contributed by atoms with Crippen LogP contribution < -0.4 is 0 Å². The lowest BCUT2D eigenvalue weighted by molar-refractivity contribution is 0.282. The van der Waals surface area contributed by atoms with Gasteiger partial charge in [-0.05, 0) is 34.4 Å². The van der Waals surface area contributed by atoms with Gasteiger partial charge < -0.3 is 5.11 Å². The summed E-state index contributed by atoms with van der Waals surface area (Å²) in [5.74, 6) is 0.495. The lowest BCUT2D eigenvalue weighted by atomic mass is 10.0. The summed E-state index contributed by atoms with van der Waals surface area (Å²) in [7, 11) is 0. The molecule has 0 spiro atoms. The molecule has 0 bridgehead atoms. The molecule has 0 radical (unpaired) electrons. The summed E-state index contributed by atoms with van der Waals surface area (Å²) >= 11 is 18.1. The molecule has 1 nitrogen and oxygen atoms in total. The molecule has 0 amide bonds. The summed E-state index contributed by atoms with van der Waals surface area (Å²) in [6, 6.07) is 31.6. The zero-order chi connectivity index (χ0) is 21.3. The van der Waals surface area contributed by atoms with Crippen LogP contribution in [0.1, 0.15) is 11.1 Å². The lowest BCUT2D eigenvalue weighted by Gasteiger charge is -2.05. The maximum atomic E-state index is 8.96. The van der Waals surface area contributed by atoms with Gasteiger partial charge in [-0.25, -0.2) is 0 Å². The van der Waals surface area contributed by atoms with Crippen molar-refractivity contribution in [1.29, 1.82) is 0 Å². The van der Waals surface area contributed by atoms with Crippen LogP contribution in [0.15, 0.2) is 97.1 Å². The highest BCUT2D eigenvalue weighted by molar-refractivity contribution is 6.33. The average molecular weight is 456 g/mol. The van der Waals surface area contributed by atoms with Gasteiger partial charge in [0.25, 0.3) is 0 Å². The Morgan fingerprint density at radius 1 is 0.567 bits per heavy atom. The van der Waals surface area contributed by atoms with Crippen molar-refractivity contribution < 1.29 is 5.11 Å². The van der Waals surface area contributed by atoms with E-state index in [1.54, 1.807) is 6.07 Å². The first kappa shape index (κ1) is 22.4. The van der Waals surface area contributed by atoms with Crippen molar-refractivity contribution in [3.05, 3.63) is 118 Å². The number of alkyl halides is 1. The van der Waals surface area contributed by atoms with Crippen LogP contribution in [-0.4, -0.2) is 5.11 Å². The molecule has 0 saturated heterocycles. The highest BCUT2D eigenvalue weighted by Gasteiger charge is 2.04. The van der Waals surface area contributed by atoms with Gasteiger partial charge in [0.05, 0.1) is 6.61 Å². The van der Waals surface area contributed by atoms with Crippen molar-refractivity contribution in [2.45, 2.75) is 12.5 Å². The van der Waals surface area contributed by atoms with Gasteiger partial charge in [0.1, 0.15) is 0 Å². The smallest absolute Gasteiger partial charge is 0.0682 e. The number of aliphatic hydroxyl groups is 1. The zero-order valence-corrected chi connectivity index (χ0v) is 18.5. The molecule has 0 fully saturated rings. The van der Waals surface area contributed by atoms with E-state index in [4.69, 9.17) is 39.9 Å². The van der Waals surface area contributed by atoms with Crippen LogP contribution in [-0.2, 0) is 12.5 Å². The molecular weight excluding hydrogens is 435 g/mol. The minimum absolute atomic E-state index is 0.0226. The van der Waals surface area contributed by atoms with E-state index in [1.165, 1.54) is 0 Å². The SMILES string of the molecule is ClCc1ccc(-c2ccccc2)c(Cl)c1.OCc1ccc(-c2ccccc2)c(Cl)c1. The number of halogens is 3. The third-order valence-electron chi connectivity index (χ3n) is 4.57. The fraction of sp³-hybridized carbons (Fsp3) is 0.0769. The predicted octanol–water partition coefficient (Wildman–Crippen LogP) is 8.25. The quantitative estimate of drug-likeness (QED) is 0.307. The van der Waals surface area contributed by atoms with E-state index in [0.29, 0.717) is 10.9 Å². The first-order chi connectivity index (χ1) is 14.6. The van der Waals surface area contributed by atoms with E-state index in [0.717, 1.165) is 38.4 Å². The Morgan fingerprint density at radius 2 is 1.00 bits per heavy atom. The Balaban J connectivity index is 0.000000171. The molecule has 0 aliphatic rings. The summed E-state index contributed by atoms with van der Waals surface area (Å²) in [6.07, 6.45) is 0. The summed E-state index contributed by atoms with van der Waals surface area (Å²) in [5, 5.41) is 10.4. The van der Waals surface area contributed by atoms with Crippen molar-refractivity contribution in [2.75, 3.05) is 0 Å². The zero-order valence-electron chi connectivity index (χ0n) is 16.2. The number of hydrogen-bond donors (Lipinski definition) is 1. The lowest BCUT2D eigenvalue weighted by Crippen LogP contribution is -1.85. The second kappa shape index (κ2) is 11.2. The van der Waals surface area contributed by atoms with Gasteiger partial charge in [0, 0.05) is 27.1 Å². The Labute approximate surface area is 192 Å². The Kier molecular flexibility index (Phi) is 8.36. The number of hydrogen-bond acceptors (Lipinski definition) is 1. The first-order valence-electron chi connectivity index (χ1n) is 9.47. The summed E-state index contributed by atoms with van der Waals surface area (Å²) in [6.45, 7) is 0.0226. The predicted molar refractivity (Wildman–Crippen MR) is 129 cm³/mol. The summed E-state index contributed by atoms with van der Waals surface area (Å²) in [4.78, 5) is 0. The first-order valence-corrected chi connectivity index (χ1v) is 10.8. The fourth-order valence-electron chi connectivity index (χ4n) is 3.00. The van der Waals surface area contributed by atoms with E-state index in [-0.39, 0.29) is 6.61 Å². The van der Waals surface area contributed by atoms with E-state index >= 15 is 0 Å². The van der Waals surface area contributed by atoms with E-state index in [2.05, 4.69) is 0 Å². The van der Waals surface area contributed by atoms with Crippen molar-refractivity contribution >= 4 is 34.8 Å². The van der Waals surface area contributed by atoms with Crippen LogP contribution in [0, 0.1) is 0 Å². The minimum atomic E-state index is 0.0226. The highest BCUT2D eigenvalue weighted by Crippen LogP contribution is 2.29. The van der Waals surface area contributed by atoms with E-state index in [9.17, 15) is 0 Å². The normalized spacial score (nSPS) is 10.3. The molecule has 4 aromatic rings. The second-order valence-electron chi connectivity index (χ2n) is 6.65. The number of benzene rings is 4. The molecule has 4 aromatic carbocycles. The average Bonchev–Trinajstić information content (AvgIpc) is 2.80. The van der Waals surface area contributed by atoms with Crippen molar-refractivity contribution in [2.24, 2.45) is 0 Å². The number of aliphatic hydroxyl groups excluding tert-OH is 1. The Hall–Kier alpha value is -2.29. The molecule has 0 heterocycles. The maximum Gasteiger partial charge on any atom is 0.0682 e.